The average molecular weight is 485 g/mol. The van der Waals surface area contributed by atoms with Crippen LogP contribution < -0.4 is 5.32 Å². The Hall–Kier alpha value is -2.51. The van der Waals surface area contributed by atoms with E-state index in [4.69, 9.17) is 11.6 Å². The van der Waals surface area contributed by atoms with Gasteiger partial charge in [-0.2, -0.15) is 13.2 Å². The van der Waals surface area contributed by atoms with E-state index in [2.05, 4.69) is 0 Å². The SMILES string of the molecule is CS(=O)c1ccc(S(=O)(=O)CC(=O)Nc2cc(C(F)(F)F)ccc2Cl)c([N+](=O)[O-])c1. The molecule has 0 aromatic heterocycles. The fourth-order valence-electron chi connectivity index (χ4n) is 2.32. The minimum atomic E-state index is -4.72. The van der Waals surface area contributed by atoms with Gasteiger partial charge in [-0.25, -0.2) is 8.42 Å². The van der Waals surface area contributed by atoms with Crippen molar-refractivity contribution in [2.45, 2.75) is 16.0 Å². The largest absolute Gasteiger partial charge is 0.416 e. The van der Waals surface area contributed by atoms with E-state index in [-0.39, 0.29) is 9.92 Å². The quantitative estimate of drug-likeness (QED) is 0.495. The Morgan fingerprint density at radius 2 is 1.87 bits per heavy atom. The summed E-state index contributed by atoms with van der Waals surface area (Å²) in [6.45, 7) is 0. The van der Waals surface area contributed by atoms with Gasteiger partial charge in [-0.3, -0.25) is 19.1 Å². The number of halogens is 4. The van der Waals surface area contributed by atoms with Gasteiger partial charge in [0.05, 0.1) is 32.0 Å². The summed E-state index contributed by atoms with van der Waals surface area (Å²) in [7, 11) is -6.19. The molecule has 1 N–H and O–H groups in total. The Morgan fingerprint density at radius 3 is 2.40 bits per heavy atom. The van der Waals surface area contributed by atoms with Crippen molar-refractivity contribution in [2.24, 2.45) is 0 Å². The van der Waals surface area contributed by atoms with Crippen LogP contribution in [0.1, 0.15) is 5.56 Å². The molecule has 0 radical (unpaired) electrons. The van der Waals surface area contributed by atoms with Crippen molar-refractivity contribution in [1.82, 2.24) is 0 Å². The average Bonchev–Trinajstić information content (AvgIpc) is 2.61. The number of carbonyl (C=O) groups is 1. The minimum absolute atomic E-state index is 0.000786. The lowest BCUT2D eigenvalue weighted by Gasteiger charge is -2.12. The molecule has 1 amide bonds. The van der Waals surface area contributed by atoms with Crippen molar-refractivity contribution in [3.8, 4) is 0 Å². The summed E-state index contributed by atoms with van der Waals surface area (Å²) in [6.07, 6.45) is -3.49. The monoisotopic (exact) mass is 484 g/mol. The number of hydrogen-bond donors (Lipinski definition) is 1. The third-order valence-corrected chi connectivity index (χ3v) is 6.59. The maximum Gasteiger partial charge on any atom is 0.416 e. The van der Waals surface area contributed by atoms with Gasteiger partial charge in [0, 0.05) is 17.2 Å². The number of nitro groups is 1. The van der Waals surface area contributed by atoms with Crippen molar-refractivity contribution in [2.75, 3.05) is 17.3 Å². The number of sulfone groups is 1. The lowest BCUT2D eigenvalue weighted by Crippen LogP contribution is -2.24. The highest BCUT2D eigenvalue weighted by Crippen LogP contribution is 2.34. The van der Waals surface area contributed by atoms with E-state index < -0.39 is 65.2 Å². The van der Waals surface area contributed by atoms with Crippen LogP contribution in [0.4, 0.5) is 24.5 Å². The molecule has 0 heterocycles. The van der Waals surface area contributed by atoms with Gasteiger partial charge >= 0.3 is 6.18 Å². The molecule has 0 aliphatic carbocycles. The summed E-state index contributed by atoms with van der Waals surface area (Å²) in [5, 5.41) is 12.9. The molecule has 0 fully saturated rings. The first kappa shape index (κ1) is 23.8. The van der Waals surface area contributed by atoms with Crippen LogP contribution in [0, 0.1) is 10.1 Å². The number of benzene rings is 2. The van der Waals surface area contributed by atoms with Crippen LogP contribution in [0.15, 0.2) is 46.2 Å². The number of nitro benzene ring substituents is 1. The summed E-state index contributed by atoms with van der Waals surface area (Å²) in [4.78, 5) is 21.5. The molecule has 0 bridgehead atoms. The van der Waals surface area contributed by atoms with Gasteiger partial charge in [-0.1, -0.05) is 11.6 Å². The van der Waals surface area contributed by atoms with Gasteiger partial charge in [-0.05, 0) is 30.3 Å². The second-order valence-electron chi connectivity index (χ2n) is 5.84. The van der Waals surface area contributed by atoms with E-state index >= 15 is 0 Å². The summed E-state index contributed by atoms with van der Waals surface area (Å²) >= 11 is 5.74. The molecular weight excluding hydrogens is 473 g/mol. The molecule has 1 atom stereocenters. The molecule has 1 unspecified atom stereocenters. The molecule has 0 saturated carbocycles. The number of rotatable bonds is 6. The van der Waals surface area contributed by atoms with Crippen LogP contribution in [-0.2, 0) is 31.6 Å². The van der Waals surface area contributed by atoms with E-state index in [0.29, 0.717) is 12.1 Å². The predicted octanol–water partition coefficient (Wildman–Crippen LogP) is 3.42. The van der Waals surface area contributed by atoms with Crippen molar-refractivity contribution >= 4 is 49.5 Å². The lowest BCUT2D eigenvalue weighted by atomic mass is 10.2. The van der Waals surface area contributed by atoms with E-state index in [0.717, 1.165) is 24.3 Å². The third-order valence-electron chi connectivity index (χ3n) is 3.68. The molecule has 0 aliphatic heterocycles. The molecule has 2 aromatic rings. The van der Waals surface area contributed by atoms with Gasteiger partial charge in [-0.15, -0.1) is 0 Å². The number of alkyl halides is 3. The Balaban J connectivity index is 2.34. The van der Waals surface area contributed by atoms with Gasteiger partial charge in [0.1, 0.15) is 10.6 Å². The zero-order chi connectivity index (χ0) is 22.9. The van der Waals surface area contributed by atoms with Crippen molar-refractivity contribution < 1.29 is 35.5 Å². The third kappa shape index (κ3) is 5.55. The number of amides is 1. The number of nitrogens with one attached hydrogen (secondary N) is 1. The summed E-state index contributed by atoms with van der Waals surface area (Å²) < 4.78 is 74.9. The fraction of sp³-hybridized carbons (Fsp3) is 0.188. The van der Waals surface area contributed by atoms with E-state index in [1.165, 1.54) is 6.26 Å². The highest BCUT2D eigenvalue weighted by Gasteiger charge is 2.32. The van der Waals surface area contributed by atoms with Gasteiger partial charge in [0.2, 0.25) is 5.91 Å². The Bertz CT molecular complexity index is 1150. The predicted molar refractivity (Wildman–Crippen MR) is 103 cm³/mol. The molecular formula is C16H12ClF3N2O6S2. The second-order valence-corrected chi connectivity index (χ2v) is 9.59. The van der Waals surface area contributed by atoms with E-state index in [1.54, 1.807) is 0 Å². The molecule has 14 heteroatoms. The van der Waals surface area contributed by atoms with Crippen LogP contribution in [0.5, 0.6) is 0 Å². The van der Waals surface area contributed by atoms with E-state index in [1.807, 2.05) is 5.32 Å². The smallest absolute Gasteiger partial charge is 0.324 e. The van der Waals surface area contributed by atoms with Crippen molar-refractivity contribution in [3.63, 3.8) is 0 Å². The molecule has 0 aliphatic rings. The molecule has 30 heavy (non-hydrogen) atoms. The lowest BCUT2D eigenvalue weighted by molar-refractivity contribution is -0.388. The standard InChI is InChI=1S/C16H12ClF3N2O6S2/c1-29(26)10-3-5-14(13(7-10)22(24)25)30(27,28)8-15(23)21-12-6-9(16(18,19)20)2-4-11(12)17/h2-7H,8H2,1H3,(H,21,23). The Kier molecular flexibility index (Phi) is 6.89. The first-order valence-corrected chi connectivity index (χ1v) is 11.3. The van der Waals surface area contributed by atoms with Gasteiger partial charge in [0.15, 0.2) is 9.84 Å². The molecule has 8 nitrogen and oxygen atoms in total. The molecule has 0 spiro atoms. The number of hydrogen-bond acceptors (Lipinski definition) is 6. The highest BCUT2D eigenvalue weighted by molar-refractivity contribution is 7.92. The summed E-state index contributed by atoms with van der Waals surface area (Å²) in [6, 6.07) is 4.83. The van der Waals surface area contributed by atoms with Crippen LogP contribution in [0.2, 0.25) is 5.02 Å². The number of nitrogens with zero attached hydrogens (tertiary/aromatic N) is 1. The van der Waals surface area contributed by atoms with E-state index in [9.17, 15) is 40.7 Å². The van der Waals surface area contributed by atoms with Crippen molar-refractivity contribution in [3.05, 3.63) is 57.1 Å². The molecule has 2 aromatic carbocycles. The van der Waals surface area contributed by atoms with Gasteiger partial charge in [0.25, 0.3) is 5.69 Å². The summed E-state index contributed by atoms with van der Waals surface area (Å²) in [5.41, 5.74) is -2.48. The topological polar surface area (TPSA) is 123 Å². The van der Waals surface area contributed by atoms with Crippen LogP contribution >= 0.6 is 11.6 Å². The zero-order valence-corrected chi connectivity index (χ0v) is 17.3. The van der Waals surface area contributed by atoms with Crippen LogP contribution in [-0.4, -0.2) is 35.5 Å². The van der Waals surface area contributed by atoms with Crippen LogP contribution in [0.3, 0.4) is 0 Å². The molecule has 0 saturated heterocycles. The Morgan fingerprint density at radius 1 is 1.23 bits per heavy atom. The first-order valence-electron chi connectivity index (χ1n) is 7.73. The second kappa shape index (κ2) is 8.70. The number of anilines is 1. The zero-order valence-electron chi connectivity index (χ0n) is 14.9. The molecule has 2 rings (SSSR count). The van der Waals surface area contributed by atoms with Gasteiger partial charge < -0.3 is 5.32 Å². The normalized spacial score (nSPS) is 13.0. The van der Waals surface area contributed by atoms with Crippen LogP contribution in [0.25, 0.3) is 0 Å². The van der Waals surface area contributed by atoms with Crippen molar-refractivity contribution in [1.29, 1.82) is 0 Å². The fourth-order valence-corrected chi connectivity index (χ4v) is 4.32. The highest BCUT2D eigenvalue weighted by atomic mass is 35.5. The maximum absolute atomic E-state index is 12.8. The first-order chi connectivity index (χ1) is 13.7. The number of carbonyl (C=O) groups excluding carboxylic acids is 1. The Labute approximate surface area is 175 Å². The molecule has 162 valence electrons. The summed E-state index contributed by atoms with van der Waals surface area (Å²) in [5.74, 6) is -2.55. The minimum Gasteiger partial charge on any atom is -0.324 e. The maximum atomic E-state index is 12.8.